The van der Waals surface area contributed by atoms with Crippen LogP contribution in [0.3, 0.4) is 0 Å². The van der Waals surface area contributed by atoms with Gasteiger partial charge in [0.05, 0.1) is 11.5 Å². The standard InChI is InChI=1S/C16H22O5S/c1-4-19-16(20-5-2)8-6-7-13-21-22(17,18)15-11-9-14(3)10-12-15/h9-12,16H,4-5,7,13H2,1-3H3. The van der Waals surface area contributed by atoms with Crippen molar-refractivity contribution in [2.24, 2.45) is 0 Å². The molecule has 1 aromatic carbocycles. The van der Waals surface area contributed by atoms with E-state index in [1.165, 1.54) is 12.1 Å². The molecular formula is C16H22O5S. The molecule has 0 bridgehead atoms. The Morgan fingerprint density at radius 1 is 1.09 bits per heavy atom. The summed E-state index contributed by atoms with van der Waals surface area (Å²) in [4.78, 5) is 0.146. The fraction of sp³-hybridized carbons (Fsp3) is 0.500. The molecule has 122 valence electrons. The summed E-state index contributed by atoms with van der Waals surface area (Å²) in [6.07, 6.45) is -0.300. The van der Waals surface area contributed by atoms with Crippen LogP contribution in [0.5, 0.6) is 0 Å². The Morgan fingerprint density at radius 3 is 2.23 bits per heavy atom. The average molecular weight is 326 g/mol. The fourth-order valence-corrected chi connectivity index (χ4v) is 2.47. The van der Waals surface area contributed by atoms with E-state index in [-0.39, 0.29) is 17.9 Å². The molecule has 0 atom stereocenters. The van der Waals surface area contributed by atoms with E-state index in [0.29, 0.717) is 13.2 Å². The van der Waals surface area contributed by atoms with Gasteiger partial charge in [-0.15, -0.1) is 0 Å². The second-order valence-corrected chi connectivity index (χ2v) is 6.02. The van der Waals surface area contributed by atoms with Gasteiger partial charge in [-0.05, 0) is 38.8 Å². The van der Waals surface area contributed by atoms with E-state index < -0.39 is 16.4 Å². The predicted molar refractivity (Wildman–Crippen MR) is 83.7 cm³/mol. The molecule has 0 fully saturated rings. The van der Waals surface area contributed by atoms with Crippen LogP contribution in [0, 0.1) is 18.8 Å². The Labute approximate surface area is 132 Å². The maximum atomic E-state index is 11.9. The normalized spacial score (nSPS) is 11.3. The van der Waals surface area contributed by atoms with Crippen molar-refractivity contribution in [1.29, 1.82) is 0 Å². The molecule has 22 heavy (non-hydrogen) atoms. The Morgan fingerprint density at radius 2 is 1.68 bits per heavy atom. The topological polar surface area (TPSA) is 61.8 Å². The minimum absolute atomic E-state index is 0.00577. The quantitative estimate of drug-likeness (QED) is 0.318. The van der Waals surface area contributed by atoms with Crippen LogP contribution in [0.2, 0.25) is 0 Å². The number of hydrogen-bond acceptors (Lipinski definition) is 5. The maximum absolute atomic E-state index is 11.9. The van der Waals surface area contributed by atoms with Crippen LogP contribution in [0.4, 0.5) is 0 Å². The van der Waals surface area contributed by atoms with Crippen molar-refractivity contribution in [1.82, 2.24) is 0 Å². The molecule has 0 saturated heterocycles. The first kappa shape index (κ1) is 18.7. The third kappa shape index (κ3) is 6.58. The van der Waals surface area contributed by atoms with Gasteiger partial charge in [-0.3, -0.25) is 4.18 Å². The van der Waals surface area contributed by atoms with E-state index in [1.54, 1.807) is 12.1 Å². The first-order valence-electron chi connectivity index (χ1n) is 7.17. The van der Waals surface area contributed by atoms with Crippen molar-refractivity contribution < 1.29 is 22.1 Å². The molecule has 1 aromatic rings. The van der Waals surface area contributed by atoms with Crippen molar-refractivity contribution >= 4 is 10.1 Å². The Hall–Kier alpha value is -1.39. The number of rotatable bonds is 8. The largest absolute Gasteiger partial charge is 0.342 e. The molecule has 5 nitrogen and oxygen atoms in total. The van der Waals surface area contributed by atoms with Crippen LogP contribution < -0.4 is 0 Å². The summed E-state index contributed by atoms with van der Waals surface area (Å²) in [5, 5.41) is 0. The molecule has 0 aliphatic heterocycles. The highest BCUT2D eigenvalue weighted by Gasteiger charge is 2.13. The fourth-order valence-electron chi connectivity index (χ4n) is 1.57. The number of ether oxygens (including phenoxy) is 2. The lowest BCUT2D eigenvalue weighted by Gasteiger charge is -2.09. The van der Waals surface area contributed by atoms with Crippen molar-refractivity contribution in [3.63, 3.8) is 0 Å². The highest BCUT2D eigenvalue weighted by molar-refractivity contribution is 7.86. The number of aryl methyl sites for hydroxylation is 1. The summed E-state index contributed by atoms with van der Waals surface area (Å²) in [5.41, 5.74) is 0.989. The third-order valence-electron chi connectivity index (χ3n) is 2.63. The molecule has 0 saturated carbocycles. The van der Waals surface area contributed by atoms with Crippen LogP contribution in [0.1, 0.15) is 25.8 Å². The monoisotopic (exact) mass is 326 g/mol. The van der Waals surface area contributed by atoms with Crippen LogP contribution in [0.25, 0.3) is 0 Å². The molecule has 0 aromatic heterocycles. The zero-order valence-corrected chi connectivity index (χ0v) is 14.0. The van der Waals surface area contributed by atoms with Gasteiger partial charge in [-0.2, -0.15) is 8.42 Å². The van der Waals surface area contributed by atoms with Crippen LogP contribution >= 0.6 is 0 Å². The minimum atomic E-state index is -3.73. The van der Waals surface area contributed by atoms with E-state index in [2.05, 4.69) is 11.8 Å². The zero-order chi connectivity index (χ0) is 16.4. The summed E-state index contributed by atoms with van der Waals surface area (Å²) in [5.74, 6) is 5.58. The summed E-state index contributed by atoms with van der Waals surface area (Å²) in [6, 6.07) is 6.50. The molecule has 0 heterocycles. The van der Waals surface area contributed by atoms with Gasteiger partial charge < -0.3 is 9.47 Å². The van der Waals surface area contributed by atoms with Crippen molar-refractivity contribution in [3.8, 4) is 11.8 Å². The van der Waals surface area contributed by atoms with E-state index in [0.717, 1.165) is 5.56 Å². The lowest BCUT2D eigenvalue weighted by Crippen LogP contribution is -2.14. The van der Waals surface area contributed by atoms with Crippen LogP contribution in [-0.4, -0.2) is 34.5 Å². The van der Waals surface area contributed by atoms with Gasteiger partial charge in [0.25, 0.3) is 10.1 Å². The Balaban J connectivity index is 2.48. The van der Waals surface area contributed by atoms with Crippen molar-refractivity contribution in [3.05, 3.63) is 29.8 Å². The predicted octanol–water partition coefficient (Wildman–Crippen LogP) is 2.49. The van der Waals surface area contributed by atoms with E-state index in [4.69, 9.17) is 13.7 Å². The third-order valence-corrected chi connectivity index (χ3v) is 3.96. The molecule has 6 heteroatoms. The van der Waals surface area contributed by atoms with Gasteiger partial charge >= 0.3 is 0 Å². The van der Waals surface area contributed by atoms with Gasteiger partial charge in [-0.25, -0.2) is 0 Å². The molecular weight excluding hydrogens is 304 g/mol. The van der Waals surface area contributed by atoms with Crippen LogP contribution in [-0.2, 0) is 23.8 Å². The molecule has 0 aliphatic carbocycles. The lowest BCUT2D eigenvalue weighted by molar-refractivity contribution is -0.0970. The van der Waals surface area contributed by atoms with E-state index in [9.17, 15) is 8.42 Å². The van der Waals surface area contributed by atoms with E-state index in [1.807, 2.05) is 20.8 Å². The summed E-state index contributed by atoms with van der Waals surface area (Å²) < 4.78 is 39.3. The van der Waals surface area contributed by atoms with Gasteiger partial charge in [0.2, 0.25) is 6.29 Å². The van der Waals surface area contributed by atoms with Crippen LogP contribution in [0.15, 0.2) is 29.2 Å². The second kappa shape index (κ2) is 9.59. The molecule has 1 rings (SSSR count). The first-order valence-corrected chi connectivity index (χ1v) is 8.58. The van der Waals surface area contributed by atoms with Gasteiger partial charge in [0.15, 0.2) is 0 Å². The summed E-state index contributed by atoms with van der Waals surface area (Å²) >= 11 is 0. The maximum Gasteiger partial charge on any atom is 0.297 e. The molecule has 0 radical (unpaired) electrons. The SMILES string of the molecule is CCOC(C#CCCOS(=O)(=O)c1ccc(C)cc1)OCC. The Kier molecular flexibility index (Phi) is 8.13. The Bertz CT molecular complexity index is 590. The second-order valence-electron chi connectivity index (χ2n) is 4.40. The molecule has 0 spiro atoms. The molecule has 0 unspecified atom stereocenters. The smallest absolute Gasteiger partial charge is 0.297 e. The molecule has 0 N–H and O–H groups in total. The zero-order valence-electron chi connectivity index (χ0n) is 13.2. The van der Waals surface area contributed by atoms with Crippen molar-refractivity contribution in [2.45, 2.75) is 38.4 Å². The lowest BCUT2D eigenvalue weighted by atomic mass is 10.2. The highest BCUT2D eigenvalue weighted by Crippen LogP contribution is 2.13. The van der Waals surface area contributed by atoms with Crippen molar-refractivity contribution in [2.75, 3.05) is 19.8 Å². The number of hydrogen-bond donors (Lipinski definition) is 0. The summed E-state index contributed by atoms with van der Waals surface area (Å²) in [7, 11) is -3.73. The summed E-state index contributed by atoms with van der Waals surface area (Å²) in [6.45, 7) is 6.58. The highest BCUT2D eigenvalue weighted by atomic mass is 32.2. The van der Waals surface area contributed by atoms with Gasteiger partial charge in [0.1, 0.15) is 0 Å². The van der Waals surface area contributed by atoms with E-state index >= 15 is 0 Å². The average Bonchev–Trinajstić information content (AvgIpc) is 2.47. The number of benzene rings is 1. The molecule has 0 amide bonds. The van der Waals surface area contributed by atoms with Gasteiger partial charge in [0, 0.05) is 19.6 Å². The van der Waals surface area contributed by atoms with Gasteiger partial charge in [-0.1, -0.05) is 23.6 Å². The first-order chi connectivity index (χ1) is 10.5. The molecule has 0 aliphatic rings. The minimum Gasteiger partial charge on any atom is -0.342 e.